The molecule has 0 radical (unpaired) electrons. The van der Waals surface area contributed by atoms with Gasteiger partial charge in [-0.3, -0.25) is 20.4 Å². The number of nitriles is 1. The number of aliphatic hydroxyl groups is 2. The molecule has 43 heavy (non-hydrogen) atoms. The Kier molecular flexibility index (Phi) is 6.48. The van der Waals surface area contributed by atoms with Crippen molar-refractivity contribution in [2.75, 3.05) is 19.7 Å². The SMILES string of the molecule is CC1(C)CCOc2c(C(=O)N[C@H]3CN4C(=N)N[C@@H](CNC(=O)c5ccccc5C#N)[C@@H]5NC(=N)N[C@@]54C3(O)O)cccc21. The first-order valence-corrected chi connectivity index (χ1v) is 14.0. The third-order valence-corrected chi connectivity index (χ3v) is 8.94. The summed E-state index contributed by atoms with van der Waals surface area (Å²) in [7, 11) is 0. The Balaban J connectivity index is 1.26. The lowest BCUT2D eigenvalue weighted by atomic mass is 9.79. The minimum Gasteiger partial charge on any atom is -0.492 e. The zero-order valence-corrected chi connectivity index (χ0v) is 23.6. The van der Waals surface area contributed by atoms with Crippen molar-refractivity contribution < 1.29 is 24.5 Å². The number of amides is 2. The number of nitrogens with one attached hydrogen (secondary N) is 7. The second-order valence-corrected chi connectivity index (χ2v) is 11.9. The number of carbonyl (C=O) groups excluding carboxylic acids is 2. The molecule has 4 atom stereocenters. The summed E-state index contributed by atoms with van der Waals surface area (Å²) in [5.74, 6) is -3.72. The maximum absolute atomic E-state index is 13.6. The minimum atomic E-state index is -2.68. The van der Waals surface area contributed by atoms with Crippen LogP contribution in [0.25, 0.3) is 0 Å². The van der Waals surface area contributed by atoms with Gasteiger partial charge in [0.1, 0.15) is 11.8 Å². The molecule has 3 saturated heterocycles. The van der Waals surface area contributed by atoms with Crippen molar-refractivity contribution in [2.24, 2.45) is 0 Å². The van der Waals surface area contributed by atoms with Crippen LogP contribution in [-0.4, -0.2) is 88.1 Å². The Bertz CT molecular complexity index is 1580. The largest absolute Gasteiger partial charge is 0.492 e. The number of rotatable bonds is 5. The first-order valence-electron chi connectivity index (χ1n) is 14.0. The van der Waals surface area contributed by atoms with Gasteiger partial charge in [-0.05, 0) is 30.0 Å². The Morgan fingerprint density at radius 3 is 2.63 bits per heavy atom. The highest BCUT2D eigenvalue weighted by molar-refractivity contribution is 5.98. The smallest absolute Gasteiger partial charge is 0.255 e. The van der Waals surface area contributed by atoms with Gasteiger partial charge in [-0.1, -0.05) is 38.1 Å². The number of hydrogen-bond acceptors (Lipinski definition) is 8. The highest BCUT2D eigenvalue weighted by Crippen LogP contribution is 2.44. The molecule has 14 heteroatoms. The summed E-state index contributed by atoms with van der Waals surface area (Å²) in [6, 6.07) is 10.6. The first kappa shape index (κ1) is 28.3. The summed E-state index contributed by atoms with van der Waals surface area (Å²) in [5, 5.41) is 64.0. The molecule has 0 aliphatic carbocycles. The molecule has 9 N–H and O–H groups in total. The summed E-state index contributed by atoms with van der Waals surface area (Å²) >= 11 is 0. The highest BCUT2D eigenvalue weighted by Gasteiger charge is 2.74. The second-order valence-electron chi connectivity index (χ2n) is 11.9. The normalized spacial score (nSPS) is 27.6. The Labute approximate surface area is 247 Å². The van der Waals surface area contributed by atoms with E-state index in [1.54, 1.807) is 24.3 Å². The van der Waals surface area contributed by atoms with Crippen molar-refractivity contribution in [3.63, 3.8) is 0 Å². The standard InChI is InChI=1S/C29H33N9O5/c1-27(2)10-11-43-21-17(8-5-9-18(21)27)24(40)35-20-14-38-26(32)34-19(22-28(38,29(20,41)42)37-25(31)36-22)13-33-23(39)16-7-4-3-6-15(16)12-30/h3-9,19-20,22,41-42H,10-11,13-14H2,1-2H3,(H2,32,34)(H,33,39)(H,35,40)(H3,31,36,37)/t19-,20-,22-,28-/m0/s1. The summed E-state index contributed by atoms with van der Waals surface area (Å²) in [4.78, 5) is 27.9. The van der Waals surface area contributed by atoms with Crippen molar-refractivity contribution >= 4 is 23.7 Å². The predicted octanol–water partition coefficient (Wildman–Crippen LogP) is -0.758. The third-order valence-electron chi connectivity index (χ3n) is 8.94. The van der Waals surface area contributed by atoms with E-state index in [1.807, 2.05) is 12.1 Å². The van der Waals surface area contributed by atoms with Crippen LogP contribution >= 0.6 is 0 Å². The van der Waals surface area contributed by atoms with Crippen molar-refractivity contribution in [2.45, 2.75) is 55.3 Å². The van der Waals surface area contributed by atoms with Crippen LogP contribution in [0.1, 0.15) is 52.1 Å². The fourth-order valence-electron chi connectivity index (χ4n) is 6.61. The van der Waals surface area contributed by atoms with Crippen molar-refractivity contribution in [1.29, 1.82) is 16.1 Å². The van der Waals surface area contributed by atoms with Gasteiger partial charge in [-0.25, -0.2) is 0 Å². The lowest BCUT2D eigenvalue weighted by molar-refractivity contribution is -0.232. The second kappa shape index (κ2) is 9.85. The van der Waals surface area contributed by atoms with Gasteiger partial charge in [0, 0.05) is 18.7 Å². The van der Waals surface area contributed by atoms with Gasteiger partial charge < -0.3 is 46.4 Å². The molecule has 4 aliphatic rings. The maximum atomic E-state index is 13.6. The average Bonchev–Trinajstić information content (AvgIpc) is 3.44. The molecule has 14 nitrogen and oxygen atoms in total. The first-order chi connectivity index (χ1) is 20.4. The van der Waals surface area contributed by atoms with Crippen LogP contribution in [0.4, 0.5) is 0 Å². The molecule has 0 saturated carbocycles. The molecule has 224 valence electrons. The fraction of sp³-hybridized carbons (Fsp3) is 0.414. The van der Waals surface area contributed by atoms with Gasteiger partial charge in [-0.2, -0.15) is 5.26 Å². The molecular formula is C29H33N9O5. The molecule has 0 bridgehead atoms. The molecule has 0 aromatic heterocycles. The van der Waals surface area contributed by atoms with E-state index in [4.69, 9.17) is 15.6 Å². The van der Waals surface area contributed by atoms with E-state index < -0.39 is 41.4 Å². The molecular weight excluding hydrogens is 554 g/mol. The molecule has 1 spiro atoms. The quantitative estimate of drug-likeness (QED) is 0.199. The predicted molar refractivity (Wildman–Crippen MR) is 153 cm³/mol. The zero-order chi connectivity index (χ0) is 30.7. The van der Waals surface area contributed by atoms with E-state index in [2.05, 4.69) is 40.4 Å². The third kappa shape index (κ3) is 4.23. The maximum Gasteiger partial charge on any atom is 0.255 e. The monoisotopic (exact) mass is 587 g/mol. The van der Waals surface area contributed by atoms with E-state index in [1.165, 1.54) is 17.0 Å². The zero-order valence-electron chi connectivity index (χ0n) is 23.6. The number of hydrogen-bond donors (Lipinski definition) is 9. The van der Waals surface area contributed by atoms with Crippen LogP contribution in [0.2, 0.25) is 0 Å². The number of guanidine groups is 2. The van der Waals surface area contributed by atoms with Crippen molar-refractivity contribution in [3.05, 3.63) is 64.7 Å². The summed E-state index contributed by atoms with van der Waals surface area (Å²) < 4.78 is 5.89. The van der Waals surface area contributed by atoms with Gasteiger partial charge in [0.2, 0.25) is 5.79 Å². The van der Waals surface area contributed by atoms with Crippen molar-refractivity contribution in [1.82, 2.24) is 31.5 Å². The van der Waals surface area contributed by atoms with E-state index >= 15 is 0 Å². The number of nitrogens with zero attached hydrogens (tertiary/aromatic N) is 2. The topological polar surface area (TPSA) is 219 Å². The number of carbonyl (C=O) groups is 2. The number of ether oxygens (including phenoxy) is 1. The van der Waals surface area contributed by atoms with Gasteiger partial charge in [-0.15, -0.1) is 0 Å². The van der Waals surface area contributed by atoms with Gasteiger partial charge >= 0.3 is 0 Å². The molecule has 2 aromatic carbocycles. The summed E-state index contributed by atoms with van der Waals surface area (Å²) in [6.45, 7) is 4.34. The number of benzene rings is 2. The lowest BCUT2D eigenvalue weighted by Gasteiger charge is -2.51. The molecule has 6 rings (SSSR count). The van der Waals surface area contributed by atoms with E-state index in [9.17, 15) is 25.1 Å². The van der Waals surface area contributed by atoms with E-state index in [0.717, 1.165) is 12.0 Å². The molecule has 2 amide bonds. The number of fused-ring (bicyclic) bond motifs is 1. The Hall–Kier alpha value is -4.87. The molecule has 4 aliphatic heterocycles. The Morgan fingerprint density at radius 2 is 1.86 bits per heavy atom. The van der Waals surface area contributed by atoms with Crippen LogP contribution in [0.3, 0.4) is 0 Å². The molecule has 2 aromatic rings. The lowest BCUT2D eigenvalue weighted by Crippen LogP contribution is -2.81. The highest BCUT2D eigenvalue weighted by atomic mass is 16.5. The van der Waals surface area contributed by atoms with Crippen LogP contribution in [0.5, 0.6) is 5.75 Å². The van der Waals surface area contributed by atoms with Gasteiger partial charge in [0.15, 0.2) is 17.6 Å². The summed E-state index contributed by atoms with van der Waals surface area (Å²) in [5.41, 5.74) is -0.520. The van der Waals surface area contributed by atoms with Crippen LogP contribution in [-0.2, 0) is 5.41 Å². The van der Waals surface area contributed by atoms with Crippen LogP contribution < -0.4 is 31.3 Å². The minimum absolute atomic E-state index is 0.0838. The van der Waals surface area contributed by atoms with Crippen LogP contribution in [0, 0.1) is 22.1 Å². The van der Waals surface area contributed by atoms with E-state index in [0.29, 0.717) is 12.4 Å². The van der Waals surface area contributed by atoms with Crippen molar-refractivity contribution in [3.8, 4) is 11.8 Å². The van der Waals surface area contributed by atoms with Gasteiger partial charge in [0.25, 0.3) is 11.8 Å². The fourth-order valence-corrected chi connectivity index (χ4v) is 6.61. The Morgan fingerprint density at radius 1 is 1.12 bits per heavy atom. The average molecular weight is 588 g/mol. The molecule has 4 heterocycles. The van der Waals surface area contributed by atoms with Crippen LogP contribution in [0.15, 0.2) is 42.5 Å². The molecule has 0 unspecified atom stereocenters. The van der Waals surface area contributed by atoms with Gasteiger partial charge in [0.05, 0.1) is 41.5 Å². The van der Waals surface area contributed by atoms with E-state index in [-0.39, 0.29) is 47.1 Å². The summed E-state index contributed by atoms with van der Waals surface area (Å²) in [6.07, 6.45) is 0.787. The molecule has 3 fully saturated rings. The number of para-hydroxylation sites is 1.